The maximum absolute atomic E-state index is 12.8. The van der Waals surface area contributed by atoms with E-state index in [0.29, 0.717) is 16.3 Å². The van der Waals surface area contributed by atoms with Crippen LogP contribution in [0.1, 0.15) is 11.1 Å². The van der Waals surface area contributed by atoms with Crippen LogP contribution in [0.3, 0.4) is 0 Å². The highest BCUT2D eigenvalue weighted by Crippen LogP contribution is 2.21. The number of aryl methyl sites for hydroxylation is 1. The first-order valence-corrected chi connectivity index (χ1v) is 7.73. The maximum atomic E-state index is 12.8. The lowest BCUT2D eigenvalue weighted by Gasteiger charge is -2.09. The summed E-state index contributed by atoms with van der Waals surface area (Å²) in [7, 11) is 0. The highest BCUT2D eigenvalue weighted by molar-refractivity contribution is 6.30. The number of carbonyl (C=O) groups excluding carboxylic acids is 2. The van der Waals surface area contributed by atoms with Crippen LogP contribution in [0.4, 0.5) is 4.39 Å². The van der Waals surface area contributed by atoms with Gasteiger partial charge in [-0.2, -0.15) is 0 Å². The van der Waals surface area contributed by atoms with Crippen LogP contribution in [0, 0.1) is 12.7 Å². The molecule has 5 nitrogen and oxygen atoms in total. The third kappa shape index (κ3) is 6.27. The lowest BCUT2D eigenvalue weighted by molar-refractivity contribution is -0.128. The summed E-state index contributed by atoms with van der Waals surface area (Å²) >= 11 is 5.84. The molecule has 0 aromatic heterocycles. The van der Waals surface area contributed by atoms with E-state index in [1.807, 2.05) is 0 Å². The molecule has 7 heteroatoms. The highest BCUT2D eigenvalue weighted by Gasteiger charge is 2.06. The number of hydrogen-bond donors (Lipinski definition) is 2. The first-order valence-electron chi connectivity index (χ1n) is 7.35. The summed E-state index contributed by atoms with van der Waals surface area (Å²) in [4.78, 5) is 23.3. The fourth-order valence-electron chi connectivity index (χ4n) is 1.87. The minimum Gasteiger partial charge on any atom is -0.483 e. The van der Waals surface area contributed by atoms with E-state index < -0.39 is 11.8 Å². The molecule has 0 aliphatic heterocycles. The standard InChI is InChI=1S/C18H16ClFN2O3/c1-12-10-14(19)5-8-16(12)25-11-18(24)22-21-17(23)9-4-13-2-6-15(20)7-3-13/h2-10H,11H2,1H3,(H,21,23)(H,22,24). The monoisotopic (exact) mass is 362 g/mol. The van der Waals surface area contributed by atoms with E-state index in [9.17, 15) is 14.0 Å². The van der Waals surface area contributed by atoms with E-state index in [4.69, 9.17) is 16.3 Å². The lowest BCUT2D eigenvalue weighted by Crippen LogP contribution is -2.43. The molecular formula is C18H16ClFN2O3. The number of hydrazine groups is 1. The lowest BCUT2D eigenvalue weighted by atomic mass is 10.2. The third-order valence-corrected chi connectivity index (χ3v) is 3.35. The molecule has 2 N–H and O–H groups in total. The van der Waals surface area contributed by atoms with Crippen molar-refractivity contribution in [2.45, 2.75) is 6.92 Å². The average molecular weight is 363 g/mol. The van der Waals surface area contributed by atoms with Gasteiger partial charge in [-0.15, -0.1) is 0 Å². The van der Waals surface area contributed by atoms with Gasteiger partial charge in [-0.3, -0.25) is 20.4 Å². The Balaban J connectivity index is 1.75. The van der Waals surface area contributed by atoms with Gasteiger partial charge in [0.25, 0.3) is 11.8 Å². The van der Waals surface area contributed by atoms with Crippen molar-refractivity contribution in [1.29, 1.82) is 0 Å². The normalized spacial score (nSPS) is 10.5. The van der Waals surface area contributed by atoms with Gasteiger partial charge in [0.2, 0.25) is 0 Å². The molecular weight excluding hydrogens is 347 g/mol. The summed E-state index contributed by atoms with van der Waals surface area (Å²) in [5.74, 6) is -0.870. The molecule has 130 valence electrons. The third-order valence-electron chi connectivity index (χ3n) is 3.12. The van der Waals surface area contributed by atoms with Crippen LogP contribution in [-0.2, 0) is 9.59 Å². The van der Waals surface area contributed by atoms with Crippen LogP contribution in [0.25, 0.3) is 6.08 Å². The predicted octanol–water partition coefficient (Wildman–Crippen LogP) is 3.03. The molecule has 0 bridgehead atoms. The molecule has 0 spiro atoms. The van der Waals surface area contributed by atoms with Gasteiger partial charge in [0.05, 0.1) is 0 Å². The number of benzene rings is 2. The Hall–Kier alpha value is -2.86. The Bertz CT molecular complexity index is 791. The average Bonchev–Trinajstić information content (AvgIpc) is 2.58. The zero-order valence-corrected chi connectivity index (χ0v) is 14.1. The predicted molar refractivity (Wildman–Crippen MR) is 93.4 cm³/mol. The zero-order valence-electron chi connectivity index (χ0n) is 13.4. The molecule has 2 aromatic rings. The Labute approximate surface area is 149 Å². The van der Waals surface area contributed by atoms with Gasteiger partial charge in [0.15, 0.2) is 6.61 Å². The number of carbonyl (C=O) groups is 2. The number of ether oxygens (including phenoxy) is 1. The quantitative estimate of drug-likeness (QED) is 0.634. The van der Waals surface area contributed by atoms with Crippen LogP contribution < -0.4 is 15.6 Å². The van der Waals surface area contributed by atoms with E-state index in [1.165, 1.54) is 36.4 Å². The van der Waals surface area contributed by atoms with Gasteiger partial charge in [0, 0.05) is 11.1 Å². The smallest absolute Gasteiger partial charge is 0.276 e. The Morgan fingerprint density at radius 1 is 1.16 bits per heavy atom. The fourth-order valence-corrected chi connectivity index (χ4v) is 2.10. The number of nitrogens with one attached hydrogen (secondary N) is 2. The summed E-state index contributed by atoms with van der Waals surface area (Å²) in [6.07, 6.45) is 2.71. The van der Waals surface area contributed by atoms with E-state index >= 15 is 0 Å². The molecule has 0 saturated carbocycles. The summed E-state index contributed by atoms with van der Waals surface area (Å²) < 4.78 is 18.1. The van der Waals surface area contributed by atoms with Crippen molar-refractivity contribution in [2.24, 2.45) is 0 Å². The van der Waals surface area contributed by atoms with Crippen molar-refractivity contribution < 1.29 is 18.7 Å². The number of amides is 2. The minimum atomic E-state index is -0.527. The number of halogens is 2. The second kappa shape index (κ2) is 8.84. The Kier molecular flexibility index (Phi) is 6.54. The van der Waals surface area contributed by atoms with Gasteiger partial charge in [-0.1, -0.05) is 23.7 Å². The summed E-state index contributed by atoms with van der Waals surface area (Å²) in [6, 6.07) is 10.7. The van der Waals surface area contributed by atoms with E-state index in [1.54, 1.807) is 25.1 Å². The molecule has 0 saturated heterocycles. The molecule has 2 amide bonds. The number of hydrogen-bond acceptors (Lipinski definition) is 3. The van der Waals surface area contributed by atoms with Crippen molar-refractivity contribution >= 4 is 29.5 Å². The van der Waals surface area contributed by atoms with Crippen molar-refractivity contribution in [3.05, 3.63) is 70.5 Å². The molecule has 0 heterocycles. The summed E-state index contributed by atoms with van der Waals surface area (Å²) in [5.41, 5.74) is 5.91. The Morgan fingerprint density at radius 3 is 2.56 bits per heavy atom. The van der Waals surface area contributed by atoms with Crippen LogP contribution in [0.2, 0.25) is 5.02 Å². The maximum Gasteiger partial charge on any atom is 0.276 e. The zero-order chi connectivity index (χ0) is 18.2. The van der Waals surface area contributed by atoms with Gasteiger partial charge >= 0.3 is 0 Å². The summed E-state index contributed by atoms with van der Waals surface area (Å²) in [5, 5.41) is 0.578. The highest BCUT2D eigenvalue weighted by atomic mass is 35.5. The van der Waals surface area contributed by atoms with Gasteiger partial charge < -0.3 is 4.74 Å². The largest absolute Gasteiger partial charge is 0.483 e. The van der Waals surface area contributed by atoms with E-state index in [-0.39, 0.29) is 12.4 Å². The van der Waals surface area contributed by atoms with Crippen molar-refractivity contribution in [1.82, 2.24) is 10.9 Å². The summed E-state index contributed by atoms with van der Waals surface area (Å²) in [6.45, 7) is 1.55. The van der Waals surface area contributed by atoms with Crippen molar-refractivity contribution in [2.75, 3.05) is 6.61 Å². The van der Waals surface area contributed by atoms with Gasteiger partial charge in [-0.25, -0.2) is 4.39 Å². The molecule has 0 aliphatic carbocycles. The molecule has 2 rings (SSSR count). The molecule has 0 radical (unpaired) electrons. The molecule has 0 aliphatic rings. The first-order chi connectivity index (χ1) is 11.9. The first kappa shape index (κ1) is 18.5. The molecule has 0 unspecified atom stereocenters. The molecule has 2 aromatic carbocycles. The second-order valence-corrected chi connectivity index (χ2v) is 5.56. The van der Waals surface area contributed by atoms with E-state index in [0.717, 1.165) is 5.56 Å². The van der Waals surface area contributed by atoms with Gasteiger partial charge in [-0.05, 0) is 54.5 Å². The topological polar surface area (TPSA) is 67.4 Å². The van der Waals surface area contributed by atoms with Crippen molar-refractivity contribution in [3.63, 3.8) is 0 Å². The van der Waals surface area contributed by atoms with Gasteiger partial charge in [0.1, 0.15) is 11.6 Å². The second-order valence-electron chi connectivity index (χ2n) is 5.12. The van der Waals surface area contributed by atoms with Crippen molar-refractivity contribution in [3.8, 4) is 5.75 Å². The minimum absolute atomic E-state index is 0.259. The Morgan fingerprint density at radius 2 is 1.88 bits per heavy atom. The molecule has 0 atom stereocenters. The van der Waals surface area contributed by atoms with Crippen LogP contribution in [0.5, 0.6) is 5.75 Å². The van der Waals surface area contributed by atoms with Crippen LogP contribution in [0.15, 0.2) is 48.5 Å². The van der Waals surface area contributed by atoms with E-state index in [2.05, 4.69) is 10.9 Å². The fraction of sp³-hybridized carbons (Fsp3) is 0.111. The molecule has 25 heavy (non-hydrogen) atoms. The number of rotatable bonds is 5. The van der Waals surface area contributed by atoms with Crippen LogP contribution in [-0.4, -0.2) is 18.4 Å². The SMILES string of the molecule is Cc1cc(Cl)ccc1OCC(=O)NNC(=O)C=Cc1ccc(F)cc1. The van der Waals surface area contributed by atoms with Crippen LogP contribution >= 0.6 is 11.6 Å². The molecule has 0 fully saturated rings.